The summed E-state index contributed by atoms with van der Waals surface area (Å²) in [5.41, 5.74) is 7.14. The Balaban J connectivity index is 2.01. The molecule has 0 saturated heterocycles. The summed E-state index contributed by atoms with van der Waals surface area (Å²) in [6.07, 6.45) is 1.71. The SMILES string of the molecule is COC(CN)CC(=O)Nc1ccc2[nH]ncc2c1. The lowest BCUT2D eigenvalue weighted by Crippen LogP contribution is -2.28. The highest BCUT2D eigenvalue weighted by Crippen LogP contribution is 2.16. The molecule has 2 rings (SSSR count). The first-order chi connectivity index (χ1) is 8.72. The molecule has 96 valence electrons. The zero-order valence-electron chi connectivity index (χ0n) is 10.1. The summed E-state index contributed by atoms with van der Waals surface area (Å²) in [7, 11) is 1.54. The maximum Gasteiger partial charge on any atom is 0.227 e. The number of amides is 1. The molecule has 0 aliphatic heterocycles. The third-order valence-corrected chi connectivity index (χ3v) is 2.73. The van der Waals surface area contributed by atoms with Crippen molar-refractivity contribution in [1.29, 1.82) is 0 Å². The number of nitrogens with one attached hydrogen (secondary N) is 2. The highest BCUT2D eigenvalue weighted by atomic mass is 16.5. The number of aromatic nitrogens is 2. The van der Waals surface area contributed by atoms with Crippen LogP contribution >= 0.6 is 0 Å². The third kappa shape index (κ3) is 2.85. The summed E-state index contributed by atoms with van der Waals surface area (Å²) in [5.74, 6) is -0.116. The highest BCUT2D eigenvalue weighted by Gasteiger charge is 2.11. The summed E-state index contributed by atoms with van der Waals surface area (Å²) in [6, 6.07) is 5.55. The Morgan fingerprint density at radius 3 is 3.17 bits per heavy atom. The number of H-pyrrole nitrogens is 1. The third-order valence-electron chi connectivity index (χ3n) is 2.73. The van der Waals surface area contributed by atoms with E-state index in [0.717, 1.165) is 16.6 Å². The fourth-order valence-corrected chi connectivity index (χ4v) is 1.70. The van der Waals surface area contributed by atoms with Crippen molar-refractivity contribution in [3.63, 3.8) is 0 Å². The molecule has 0 bridgehead atoms. The van der Waals surface area contributed by atoms with E-state index in [1.165, 1.54) is 0 Å². The van der Waals surface area contributed by atoms with Gasteiger partial charge in [0, 0.05) is 24.7 Å². The van der Waals surface area contributed by atoms with Crippen molar-refractivity contribution in [2.75, 3.05) is 19.0 Å². The molecule has 0 radical (unpaired) electrons. The van der Waals surface area contributed by atoms with E-state index in [4.69, 9.17) is 10.5 Å². The van der Waals surface area contributed by atoms with Gasteiger partial charge in [0.2, 0.25) is 5.91 Å². The van der Waals surface area contributed by atoms with Crippen LogP contribution in [-0.4, -0.2) is 35.9 Å². The second-order valence-electron chi connectivity index (χ2n) is 4.02. The number of benzene rings is 1. The fraction of sp³-hybridized carbons (Fsp3) is 0.333. The largest absolute Gasteiger partial charge is 0.380 e. The van der Waals surface area contributed by atoms with Gasteiger partial charge < -0.3 is 15.8 Å². The van der Waals surface area contributed by atoms with Gasteiger partial charge in [0.1, 0.15) is 0 Å². The van der Waals surface area contributed by atoms with Gasteiger partial charge in [-0.15, -0.1) is 0 Å². The molecule has 0 fully saturated rings. The van der Waals surface area contributed by atoms with Gasteiger partial charge in [0.05, 0.1) is 24.2 Å². The van der Waals surface area contributed by atoms with Crippen LogP contribution in [0.25, 0.3) is 10.9 Å². The number of hydrogen-bond acceptors (Lipinski definition) is 4. The smallest absolute Gasteiger partial charge is 0.227 e. The minimum atomic E-state index is -0.248. The molecule has 18 heavy (non-hydrogen) atoms. The molecular weight excluding hydrogens is 232 g/mol. The molecule has 6 nitrogen and oxygen atoms in total. The summed E-state index contributed by atoms with van der Waals surface area (Å²) in [5, 5.41) is 10.5. The standard InChI is InChI=1S/C12H16N4O2/c1-18-10(6-13)5-12(17)15-9-2-3-11-8(4-9)7-14-16-11/h2-4,7,10H,5-6,13H2,1H3,(H,14,16)(H,15,17). The van der Waals surface area contributed by atoms with E-state index in [-0.39, 0.29) is 18.4 Å². The van der Waals surface area contributed by atoms with Gasteiger partial charge in [-0.25, -0.2) is 0 Å². The molecule has 1 aromatic heterocycles. The first kappa shape index (κ1) is 12.5. The molecule has 2 aromatic rings. The molecule has 4 N–H and O–H groups in total. The maximum absolute atomic E-state index is 11.7. The van der Waals surface area contributed by atoms with Gasteiger partial charge in [-0.1, -0.05) is 0 Å². The molecule has 0 aliphatic carbocycles. The predicted molar refractivity (Wildman–Crippen MR) is 69.2 cm³/mol. The van der Waals surface area contributed by atoms with Crippen LogP contribution in [0.4, 0.5) is 5.69 Å². The van der Waals surface area contributed by atoms with Crippen LogP contribution in [-0.2, 0) is 9.53 Å². The van der Waals surface area contributed by atoms with E-state index in [1.807, 2.05) is 18.2 Å². The number of nitrogens with two attached hydrogens (primary N) is 1. The Bertz CT molecular complexity index is 534. The fourth-order valence-electron chi connectivity index (χ4n) is 1.70. The zero-order valence-corrected chi connectivity index (χ0v) is 10.1. The number of carbonyl (C=O) groups excluding carboxylic acids is 1. The second kappa shape index (κ2) is 5.61. The van der Waals surface area contributed by atoms with Crippen molar-refractivity contribution in [2.45, 2.75) is 12.5 Å². The van der Waals surface area contributed by atoms with Crippen LogP contribution in [0.3, 0.4) is 0 Å². The summed E-state index contributed by atoms with van der Waals surface area (Å²) in [6.45, 7) is 0.324. The van der Waals surface area contributed by atoms with Gasteiger partial charge in [0.25, 0.3) is 0 Å². The van der Waals surface area contributed by atoms with E-state index in [0.29, 0.717) is 6.54 Å². The molecule has 1 heterocycles. The number of anilines is 1. The average Bonchev–Trinajstić information content (AvgIpc) is 2.83. The number of ether oxygens (including phenoxy) is 1. The number of rotatable bonds is 5. The van der Waals surface area contributed by atoms with Crippen LogP contribution in [0.15, 0.2) is 24.4 Å². The van der Waals surface area contributed by atoms with Crippen molar-refractivity contribution >= 4 is 22.5 Å². The molecule has 0 spiro atoms. The first-order valence-electron chi connectivity index (χ1n) is 5.68. The molecule has 0 aliphatic rings. The number of aromatic amines is 1. The van der Waals surface area contributed by atoms with Crippen LogP contribution in [0.2, 0.25) is 0 Å². The van der Waals surface area contributed by atoms with E-state index in [2.05, 4.69) is 15.5 Å². The molecule has 1 amide bonds. The van der Waals surface area contributed by atoms with Crippen molar-refractivity contribution in [3.05, 3.63) is 24.4 Å². The molecule has 1 unspecified atom stereocenters. The van der Waals surface area contributed by atoms with E-state index in [1.54, 1.807) is 13.3 Å². The average molecular weight is 248 g/mol. The van der Waals surface area contributed by atoms with Gasteiger partial charge in [-0.05, 0) is 18.2 Å². The lowest BCUT2D eigenvalue weighted by atomic mass is 10.2. The number of carbonyl (C=O) groups is 1. The highest BCUT2D eigenvalue weighted by molar-refractivity contribution is 5.93. The van der Waals surface area contributed by atoms with Crippen LogP contribution in [0.5, 0.6) is 0 Å². The van der Waals surface area contributed by atoms with Crippen molar-refractivity contribution in [1.82, 2.24) is 10.2 Å². The van der Waals surface area contributed by atoms with Gasteiger partial charge in [-0.3, -0.25) is 9.89 Å². The summed E-state index contributed by atoms with van der Waals surface area (Å²) in [4.78, 5) is 11.7. The molecule has 1 aromatic carbocycles. The lowest BCUT2D eigenvalue weighted by molar-refractivity contribution is -0.118. The topological polar surface area (TPSA) is 93.0 Å². The summed E-state index contributed by atoms with van der Waals surface area (Å²) >= 11 is 0. The monoisotopic (exact) mass is 248 g/mol. The zero-order chi connectivity index (χ0) is 13.0. The van der Waals surface area contributed by atoms with Gasteiger partial charge in [0.15, 0.2) is 0 Å². The predicted octanol–water partition coefficient (Wildman–Crippen LogP) is 0.865. The normalized spacial score (nSPS) is 12.6. The minimum absolute atomic E-state index is 0.116. The van der Waals surface area contributed by atoms with Crippen LogP contribution < -0.4 is 11.1 Å². The molecule has 1 atom stereocenters. The molecule has 0 saturated carbocycles. The number of methoxy groups -OCH3 is 1. The Hall–Kier alpha value is -1.92. The Morgan fingerprint density at radius 1 is 1.61 bits per heavy atom. The number of hydrogen-bond donors (Lipinski definition) is 3. The number of nitrogens with zero attached hydrogens (tertiary/aromatic N) is 1. The van der Waals surface area contributed by atoms with Gasteiger partial charge in [-0.2, -0.15) is 5.10 Å². The quantitative estimate of drug-likeness (QED) is 0.731. The van der Waals surface area contributed by atoms with Crippen molar-refractivity contribution in [3.8, 4) is 0 Å². The second-order valence-corrected chi connectivity index (χ2v) is 4.02. The number of fused-ring (bicyclic) bond motifs is 1. The van der Waals surface area contributed by atoms with E-state index >= 15 is 0 Å². The van der Waals surface area contributed by atoms with E-state index in [9.17, 15) is 4.79 Å². The first-order valence-corrected chi connectivity index (χ1v) is 5.68. The molecular formula is C12H16N4O2. The van der Waals surface area contributed by atoms with Crippen LogP contribution in [0, 0.1) is 0 Å². The Kier molecular flexibility index (Phi) is 3.91. The van der Waals surface area contributed by atoms with Crippen molar-refractivity contribution in [2.24, 2.45) is 5.73 Å². The summed E-state index contributed by atoms with van der Waals surface area (Å²) < 4.78 is 5.06. The Morgan fingerprint density at radius 2 is 2.44 bits per heavy atom. The Labute approximate surface area is 104 Å². The maximum atomic E-state index is 11.7. The lowest BCUT2D eigenvalue weighted by Gasteiger charge is -2.12. The van der Waals surface area contributed by atoms with Gasteiger partial charge >= 0.3 is 0 Å². The minimum Gasteiger partial charge on any atom is -0.380 e. The van der Waals surface area contributed by atoms with Crippen molar-refractivity contribution < 1.29 is 9.53 Å². The molecule has 6 heteroatoms. The van der Waals surface area contributed by atoms with E-state index < -0.39 is 0 Å². The van der Waals surface area contributed by atoms with Crippen LogP contribution in [0.1, 0.15) is 6.42 Å².